The molecule has 0 unspecified atom stereocenters. The van der Waals surface area contributed by atoms with E-state index in [1.807, 2.05) is 59.4 Å². The first-order chi connectivity index (χ1) is 20.1. The number of methoxy groups -OCH3 is 1. The lowest BCUT2D eigenvalue weighted by molar-refractivity contribution is 0.414. The Morgan fingerprint density at radius 3 is 2.32 bits per heavy atom. The van der Waals surface area contributed by atoms with Gasteiger partial charge in [0.15, 0.2) is 0 Å². The van der Waals surface area contributed by atoms with E-state index in [2.05, 4.69) is 83.2 Å². The van der Waals surface area contributed by atoms with Gasteiger partial charge < -0.3 is 9.47 Å². The molecule has 0 bridgehead atoms. The van der Waals surface area contributed by atoms with Crippen LogP contribution in [0.1, 0.15) is 11.1 Å². The third-order valence-electron chi connectivity index (χ3n) is 7.50. The van der Waals surface area contributed by atoms with Crippen molar-refractivity contribution in [3.05, 3.63) is 127 Å². The van der Waals surface area contributed by atoms with Gasteiger partial charge in [0.05, 0.1) is 30.0 Å². The molecule has 0 aliphatic carbocycles. The lowest BCUT2D eigenvalue weighted by Gasteiger charge is -2.11. The Kier molecular flexibility index (Phi) is 6.01. The summed E-state index contributed by atoms with van der Waals surface area (Å²) in [5.41, 5.74) is 7.79. The second kappa shape index (κ2) is 9.99. The molecule has 0 saturated heterocycles. The van der Waals surface area contributed by atoms with Crippen molar-refractivity contribution in [2.24, 2.45) is 0 Å². The van der Waals surface area contributed by atoms with E-state index in [-0.39, 0.29) is 0 Å². The van der Waals surface area contributed by atoms with Crippen LogP contribution in [-0.2, 0) is 0 Å². The Morgan fingerprint density at radius 2 is 1.46 bits per heavy atom. The zero-order valence-electron chi connectivity index (χ0n) is 23.1. The summed E-state index contributed by atoms with van der Waals surface area (Å²) < 4.78 is 15.9. The minimum atomic E-state index is 0.730. The van der Waals surface area contributed by atoms with Gasteiger partial charge in [0, 0.05) is 46.9 Å². The second-order valence-electron chi connectivity index (χ2n) is 10.1. The molecule has 4 aromatic carbocycles. The van der Waals surface area contributed by atoms with Crippen LogP contribution in [0.3, 0.4) is 0 Å². The van der Waals surface area contributed by atoms with Crippen LogP contribution in [-0.4, -0.2) is 26.4 Å². The van der Waals surface area contributed by atoms with Gasteiger partial charge in [-0.3, -0.25) is 4.57 Å². The van der Waals surface area contributed by atoms with Gasteiger partial charge in [0.25, 0.3) is 0 Å². The molecule has 0 saturated carbocycles. The smallest absolute Gasteiger partial charge is 0.141 e. The van der Waals surface area contributed by atoms with E-state index < -0.39 is 0 Å². The molecule has 0 aliphatic heterocycles. The van der Waals surface area contributed by atoms with Crippen LogP contribution in [0.4, 0.5) is 0 Å². The van der Waals surface area contributed by atoms with Crippen LogP contribution >= 0.6 is 0 Å². The van der Waals surface area contributed by atoms with Gasteiger partial charge in [-0.05, 0) is 66.9 Å². The maximum absolute atomic E-state index is 6.41. The highest BCUT2D eigenvalue weighted by atomic mass is 16.5. The van der Waals surface area contributed by atoms with Gasteiger partial charge in [-0.25, -0.2) is 9.67 Å². The van der Waals surface area contributed by atoms with Crippen LogP contribution in [0.25, 0.3) is 44.4 Å². The fourth-order valence-electron chi connectivity index (χ4n) is 5.60. The lowest BCUT2D eigenvalue weighted by Crippen LogP contribution is -1.98. The van der Waals surface area contributed by atoms with E-state index in [1.165, 1.54) is 16.7 Å². The predicted octanol–water partition coefficient (Wildman–Crippen LogP) is 8.45. The van der Waals surface area contributed by atoms with Gasteiger partial charge in [-0.2, -0.15) is 5.10 Å². The first kappa shape index (κ1) is 24.7. The number of pyridine rings is 1. The third kappa shape index (κ3) is 4.39. The number of fused-ring (bicyclic) bond motifs is 3. The van der Waals surface area contributed by atoms with Crippen molar-refractivity contribution >= 4 is 21.8 Å². The van der Waals surface area contributed by atoms with E-state index in [9.17, 15) is 0 Å². The van der Waals surface area contributed by atoms with Crippen molar-refractivity contribution in [1.82, 2.24) is 19.3 Å². The molecule has 41 heavy (non-hydrogen) atoms. The average molecular weight is 537 g/mol. The van der Waals surface area contributed by atoms with Crippen LogP contribution in [0.15, 0.2) is 116 Å². The molecule has 3 aromatic heterocycles. The molecule has 0 radical (unpaired) electrons. The van der Waals surface area contributed by atoms with Crippen molar-refractivity contribution in [1.29, 1.82) is 0 Å². The highest BCUT2D eigenvalue weighted by Crippen LogP contribution is 2.36. The van der Waals surface area contributed by atoms with E-state index in [0.29, 0.717) is 0 Å². The van der Waals surface area contributed by atoms with Crippen molar-refractivity contribution in [2.45, 2.75) is 13.8 Å². The summed E-state index contributed by atoms with van der Waals surface area (Å²) in [6.07, 6.45) is 5.75. The number of rotatable bonds is 6. The fraction of sp³-hybridized carbons (Fsp3) is 0.0857. The van der Waals surface area contributed by atoms with Crippen molar-refractivity contribution in [2.75, 3.05) is 7.11 Å². The Balaban J connectivity index is 1.26. The zero-order valence-corrected chi connectivity index (χ0v) is 23.1. The molecule has 0 N–H and O–H groups in total. The molecule has 0 fully saturated rings. The monoisotopic (exact) mass is 536 g/mol. The number of hydrogen-bond acceptors (Lipinski definition) is 4. The summed E-state index contributed by atoms with van der Waals surface area (Å²) in [4.78, 5) is 4.66. The highest BCUT2D eigenvalue weighted by Gasteiger charge is 2.15. The molecule has 6 heteroatoms. The summed E-state index contributed by atoms with van der Waals surface area (Å²) in [6, 6.07) is 32.7. The molecule has 200 valence electrons. The summed E-state index contributed by atoms with van der Waals surface area (Å²) >= 11 is 0. The Morgan fingerprint density at radius 1 is 0.683 bits per heavy atom. The highest BCUT2D eigenvalue weighted by molar-refractivity contribution is 6.09. The summed E-state index contributed by atoms with van der Waals surface area (Å²) in [5, 5.41) is 6.94. The molecule has 3 heterocycles. The number of benzene rings is 4. The molecule has 7 aromatic rings. The van der Waals surface area contributed by atoms with Crippen molar-refractivity contribution in [3.63, 3.8) is 0 Å². The van der Waals surface area contributed by atoms with Crippen LogP contribution in [0.2, 0.25) is 0 Å². The van der Waals surface area contributed by atoms with Gasteiger partial charge >= 0.3 is 0 Å². The third-order valence-corrected chi connectivity index (χ3v) is 7.50. The van der Waals surface area contributed by atoms with Gasteiger partial charge in [-0.1, -0.05) is 42.5 Å². The second-order valence-corrected chi connectivity index (χ2v) is 10.1. The molecule has 0 amide bonds. The largest absolute Gasteiger partial charge is 0.497 e. The molecule has 0 aliphatic rings. The van der Waals surface area contributed by atoms with Crippen LogP contribution < -0.4 is 9.47 Å². The number of aromatic nitrogens is 4. The number of nitrogens with zero attached hydrogens (tertiary/aromatic N) is 4. The molecular weight excluding hydrogens is 508 g/mol. The maximum atomic E-state index is 6.41. The van der Waals surface area contributed by atoms with Gasteiger partial charge in [0.1, 0.15) is 23.1 Å². The Hall–Kier alpha value is -5.36. The van der Waals surface area contributed by atoms with Gasteiger partial charge in [-0.15, -0.1) is 0 Å². The van der Waals surface area contributed by atoms with Crippen LogP contribution in [0.5, 0.6) is 17.2 Å². The predicted molar refractivity (Wildman–Crippen MR) is 164 cm³/mol. The molecule has 6 nitrogen and oxygen atoms in total. The van der Waals surface area contributed by atoms with Crippen molar-refractivity contribution < 1.29 is 9.47 Å². The Bertz CT molecular complexity index is 2030. The minimum absolute atomic E-state index is 0.730. The SMILES string of the molecule is COc1ccnc(-n2c3ccccc3c3ccc(Oc4cccc(-n5cc(-c6c(C)cccc6C)cn5)c4)cc32)c1. The first-order valence-corrected chi connectivity index (χ1v) is 13.5. The number of aryl methyl sites for hydroxylation is 2. The first-order valence-electron chi connectivity index (χ1n) is 13.5. The van der Waals surface area contributed by atoms with Crippen LogP contribution in [0, 0.1) is 13.8 Å². The van der Waals surface area contributed by atoms with E-state index in [1.54, 1.807) is 13.3 Å². The summed E-state index contributed by atoms with van der Waals surface area (Å²) in [7, 11) is 1.67. The number of para-hydroxylation sites is 1. The number of ether oxygens (including phenoxy) is 2. The molecule has 7 rings (SSSR count). The quantitative estimate of drug-likeness (QED) is 0.214. The topological polar surface area (TPSA) is 54.1 Å². The molecular formula is C35H28N4O2. The summed E-state index contributed by atoms with van der Waals surface area (Å²) in [6.45, 7) is 4.27. The van der Waals surface area contributed by atoms with E-state index >= 15 is 0 Å². The summed E-state index contributed by atoms with van der Waals surface area (Å²) in [5.74, 6) is 3.00. The average Bonchev–Trinajstić information content (AvgIpc) is 3.60. The Labute approximate surface area is 238 Å². The maximum Gasteiger partial charge on any atom is 0.141 e. The van der Waals surface area contributed by atoms with E-state index in [4.69, 9.17) is 9.47 Å². The van der Waals surface area contributed by atoms with Crippen molar-refractivity contribution in [3.8, 4) is 39.9 Å². The standard InChI is InChI=1S/C35H28N4O2/c1-23-8-6-9-24(2)35(23)25-21-37-38(22-25)26-10-7-11-28(18-26)41-29-14-15-31-30-12-4-5-13-32(30)39(33(31)19-29)34-20-27(40-3)16-17-36-34/h4-22H,1-3H3. The molecule has 0 atom stereocenters. The lowest BCUT2D eigenvalue weighted by atomic mass is 9.98. The zero-order chi connectivity index (χ0) is 27.9. The van der Waals surface area contributed by atoms with Gasteiger partial charge in [0.2, 0.25) is 0 Å². The number of hydrogen-bond donors (Lipinski definition) is 0. The fourth-order valence-corrected chi connectivity index (χ4v) is 5.60. The van der Waals surface area contributed by atoms with E-state index in [0.717, 1.165) is 56.1 Å². The normalized spacial score (nSPS) is 11.3. The molecule has 0 spiro atoms. The minimum Gasteiger partial charge on any atom is -0.497 e.